The van der Waals surface area contributed by atoms with E-state index in [2.05, 4.69) is 4.98 Å². The molecule has 0 saturated carbocycles. The number of rotatable bonds is 4. The number of hydrogen-bond acceptors (Lipinski definition) is 3. The average molecular weight is 228 g/mol. The predicted octanol–water partition coefficient (Wildman–Crippen LogP) is 2.49. The van der Waals surface area contributed by atoms with E-state index in [0.29, 0.717) is 0 Å². The van der Waals surface area contributed by atoms with Gasteiger partial charge in [-0.25, -0.2) is 9.78 Å². The minimum absolute atomic E-state index is 0.00639. The molecule has 1 aromatic rings. The van der Waals surface area contributed by atoms with Crippen LogP contribution in [0.4, 0.5) is 15.0 Å². The molecule has 5 nitrogen and oxygen atoms in total. The van der Waals surface area contributed by atoms with Crippen LogP contribution in [-0.2, 0) is 0 Å². The van der Waals surface area contributed by atoms with E-state index < -0.39 is 11.9 Å². The topological polar surface area (TPSA) is 71.5 Å². The maximum atomic E-state index is 13.6. The Labute approximate surface area is 92.3 Å². The van der Waals surface area contributed by atoms with Crippen LogP contribution in [-0.4, -0.2) is 22.3 Å². The minimum atomic E-state index is -1.37. The fourth-order valence-corrected chi connectivity index (χ4v) is 1.01. The lowest BCUT2D eigenvalue weighted by Gasteiger charge is -2.13. The van der Waals surface area contributed by atoms with Gasteiger partial charge in [0.25, 0.3) is 0 Å². The zero-order chi connectivity index (χ0) is 12.1. The van der Waals surface area contributed by atoms with Crippen molar-refractivity contribution in [2.24, 2.45) is 0 Å². The van der Waals surface area contributed by atoms with Crippen molar-refractivity contribution in [3.05, 3.63) is 18.1 Å². The number of nitrogens with zero attached hydrogens (tertiary/aromatic N) is 1. The normalized spacial score (nSPS) is 11.9. The van der Waals surface area contributed by atoms with Crippen molar-refractivity contribution in [3.8, 4) is 5.75 Å². The zero-order valence-electron chi connectivity index (χ0n) is 9.03. The van der Waals surface area contributed by atoms with Crippen molar-refractivity contribution in [2.75, 3.05) is 5.32 Å². The van der Waals surface area contributed by atoms with Gasteiger partial charge >= 0.3 is 6.09 Å². The molecule has 2 N–H and O–H groups in total. The SMILES string of the molecule is CCC(C)Oc1ccnc(NC(=O)O)c1F. The minimum Gasteiger partial charge on any atom is -0.487 e. The standard InChI is InChI=1S/C10H13FN2O3/c1-3-6(2)16-7-4-5-12-9(8(7)11)13-10(14)15/h4-6H,3H2,1-2H3,(H,12,13)(H,14,15). The smallest absolute Gasteiger partial charge is 0.410 e. The van der Waals surface area contributed by atoms with E-state index in [4.69, 9.17) is 9.84 Å². The fraction of sp³-hybridized carbons (Fsp3) is 0.400. The molecule has 0 spiro atoms. The molecule has 0 bridgehead atoms. The van der Waals surface area contributed by atoms with Crippen LogP contribution in [0.3, 0.4) is 0 Å². The van der Waals surface area contributed by atoms with E-state index in [1.54, 1.807) is 6.92 Å². The molecule has 1 unspecified atom stereocenters. The number of pyridine rings is 1. The third-order valence-electron chi connectivity index (χ3n) is 1.98. The molecule has 0 fully saturated rings. The van der Waals surface area contributed by atoms with Crippen LogP contribution in [0.1, 0.15) is 20.3 Å². The molecular weight excluding hydrogens is 215 g/mol. The maximum Gasteiger partial charge on any atom is 0.410 e. The molecule has 16 heavy (non-hydrogen) atoms. The molecule has 1 amide bonds. The van der Waals surface area contributed by atoms with E-state index in [-0.39, 0.29) is 17.7 Å². The van der Waals surface area contributed by atoms with Crippen molar-refractivity contribution >= 4 is 11.9 Å². The summed E-state index contributed by atoms with van der Waals surface area (Å²) in [5.74, 6) is -1.16. The van der Waals surface area contributed by atoms with Gasteiger partial charge in [-0.05, 0) is 13.3 Å². The second-order valence-electron chi connectivity index (χ2n) is 3.24. The summed E-state index contributed by atoms with van der Waals surface area (Å²) in [6, 6.07) is 1.36. The molecular formula is C10H13FN2O3. The second-order valence-corrected chi connectivity index (χ2v) is 3.24. The molecule has 6 heteroatoms. The highest BCUT2D eigenvalue weighted by atomic mass is 19.1. The van der Waals surface area contributed by atoms with Gasteiger partial charge < -0.3 is 9.84 Å². The highest BCUT2D eigenvalue weighted by Gasteiger charge is 2.14. The summed E-state index contributed by atoms with van der Waals surface area (Å²) in [4.78, 5) is 13.9. The van der Waals surface area contributed by atoms with Crippen molar-refractivity contribution in [1.82, 2.24) is 4.98 Å². The van der Waals surface area contributed by atoms with Crippen LogP contribution in [0.25, 0.3) is 0 Å². The van der Waals surface area contributed by atoms with Gasteiger partial charge in [0.15, 0.2) is 11.6 Å². The maximum absolute atomic E-state index is 13.6. The van der Waals surface area contributed by atoms with Crippen molar-refractivity contribution in [2.45, 2.75) is 26.4 Å². The number of amides is 1. The zero-order valence-corrected chi connectivity index (χ0v) is 9.03. The number of carbonyl (C=O) groups is 1. The third-order valence-corrected chi connectivity index (χ3v) is 1.98. The van der Waals surface area contributed by atoms with Gasteiger partial charge in [0, 0.05) is 12.3 Å². The molecule has 0 saturated heterocycles. The number of nitrogens with one attached hydrogen (secondary N) is 1. The van der Waals surface area contributed by atoms with Gasteiger partial charge in [-0.1, -0.05) is 6.92 Å². The summed E-state index contributed by atoms with van der Waals surface area (Å²) in [5.41, 5.74) is 0. The van der Waals surface area contributed by atoms with Crippen molar-refractivity contribution in [3.63, 3.8) is 0 Å². The predicted molar refractivity (Wildman–Crippen MR) is 56.2 cm³/mol. The summed E-state index contributed by atoms with van der Waals surface area (Å²) in [6.07, 6.45) is 0.497. The fourth-order valence-electron chi connectivity index (χ4n) is 1.01. The van der Waals surface area contributed by atoms with Crippen LogP contribution >= 0.6 is 0 Å². The van der Waals surface area contributed by atoms with Gasteiger partial charge in [-0.15, -0.1) is 0 Å². The van der Waals surface area contributed by atoms with Crippen molar-refractivity contribution in [1.29, 1.82) is 0 Å². The molecule has 0 aromatic carbocycles. The number of ether oxygens (including phenoxy) is 1. The Bertz CT molecular complexity index is 384. The van der Waals surface area contributed by atoms with Gasteiger partial charge in [0.2, 0.25) is 5.82 Å². The first kappa shape index (κ1) is 12.2. The van der Waals surface area contributed by atoms with Gasteiger partial charge in [-0.2, -0.15) is 4.39 Å². The van der Waals surface area contributed by atoms with E-state index in [9.17, 15) is 9.18 Å². The first-order valence-electron chi connectivity index (χ1n) is 4.85. The molecule has 1 aromatic heterocycles. The summed E-state index contributed by atoms with van der Waals surface area (Å²) < 4.78 is 18.9. The Hall–Kier alpha value is -1.85. The Morgan fingerprint density at radius 2 is 2.44 bits per heavy atom. The summed E-state index contributed by atoms with van der Waals surface area (Å²) in [7, 11) is 0. The Balaban J connectivity index is 2.90. The van der Waals surface area contributed by atoms with Crippen LogP contribution < -0.4 is 10.1 Å². The second kappa shape index (κ2) is 5.29. The van der Waals surface area contributed by atoms with E-state index in [0.717, 1.165) is 6.42 Å². The third kappa shape index (κ3) is 3.08. The van der Waals surface area contributed by atoms with Crippen LogP contribution in [0.5, 0.6) is 5.75 Å². The first-order chi connectivity index (χ1) is 7.54. The largest absolute Gasteiger partial charge is 0.487 e. The highest BCUT2D eigenvalue weighted by Crippen LogP contribution is 2.23. The number of aromatic nitrogens is 1. The number of carboxylic acid groups (broad SMARTS) is 1. The molecule has 1 atom stereocenters. The Morgan fingerprint density at radius 1 is 1.75 bits per heavy atom. The van der Waals surface area contributed by atoms with Crippen LogP contribution in [0, 0.1) is 5.82 Å². The molecule has 1 heterocycles. The molecule has 0 aliphatic carbocycles. The lowest BCUT2D eigenvalue weighted by atomic mass is 10.3. The monoisotopic (exact) mass is 228 g/mol. The lowest BCUT2D eigenvalue weighted by Crippen LogP contribution is -2.14. The number of hydrogen-bond donors (Lipinski definition) is 2. The lowest BCUT2D eigenvalue weighted by molar-refractivity contribution is 0.206. The van der Waals surface area contributed by atoms with Crippen LogP contribution in [0.15, 0.2) is 12.3 Å². The highest BCUT2D eigenvalue weighted by molar-refractivity contribution is 5.81. The number of halogens is 1. The molecule has 0 radical (unpaired) electrons. The summed E-state index contributed by atoms with van der Waals surface area (Å²) in [6.45, 7) is 3.70. The number of anilines is 1. The van der Waals surface area contributed by atoms with Crippen molar-refractivity contribution < 1.29 is 19.0 Å². The molecule has 1 rings (SSSR count). The quantitative estimate of drug-likeness (QED) is 0.830. The first-order valence-corrected chi connectivity index (χ1v) is 4.85. The average Bonchev–Trinajstić information content (AvgIpc) is 2.23. The molecule has 0 aliphatic rings. The van der Waals surface area contributed by atoms with E-state index in [1.165, 1.54) is 12.3 Å². The summed E-state index contributed by atoms with van der Waals surface area (Å²) >= 11 is 0. The van der Waals surface area contributed by atoms with Crippen LogP contribution in [0.2, 0.25) is 0 Å². The Morgan fingerprint density at radius 3 is 3.00 bits per heavy atom. The van der Waals surface area contributed by atoms with Gasteiger partial charge in [-0.3, -0.25) is 5.32 Å². The van der Waals surface area contributed by atoms with E-state index >= 15 is 0 Å². The molecule has 88 valence electrons. The van der Waals surface area contributed by atoms with Gasteiger partial charge in [0.05, 0.1) is 6.10 Å². The molecule has 0 aliphatic heterocycles. The summed E-state index contributed by atoms with van der Waals surface area (Å²) in [5, 5.41) is 10.3. The Kier molecular flexibility index (Phi) is 4.04. The van der Waals surface area contributed by atoms with E-state index in [1.807, 2.05) is 12.2 Å². The van der Waals surface area contributed by atoms with Gasteiger partial charge in [0.1, 0.15) is 0 Å².